The van der Waals surface area contributed by atoms with Gasteiger partial charge in [-0.15, -0.1) is 0 Å². The number of nitriles is 1. The number of nitrogens with one attached hydrogen (secondary N) is 1. The normalized spacial score (nSPS) is 10.5. The lowest BCUT2D eigenvalue weighted by atomic mass is 10.2. The van der Waals surface area contributed by atoms with Crippen LogP contribution in [0.25, 0.3) is 0 Å². The highest BCUT2D eigenvalue weighted by Gasteiger charge is 2.25. The average Bonchev–Trinajstić information content (AvgIpc) is 2.91. The minimum atomic E-state index is -0.767. The van der Waals surface area contributed by atoms with Gasteiger partial charge >= 0.3 is 5.69 Å². The number of anilines is 2. The fourth-order valence-corrected chi connectivity index (χ4v) is 3.84. The highest BCUT2D eigenvalue weighted by molar-refractivity contribution is 5.96. The number of ether oxygens (including phenoxy) is 1. The first-order valence-corrected chi connectivity index (χ1v) is 11.6. The van der Waals surface area contributed by atoms with Crippen molar-refractivity contribution in [2.45, 2.75) is 19.5 Å². The zero-order valence-corrected chi connectivity index (χ0v) is 20.0. The van der Waals surface area contributed by atoms with Crippen molar-refractivity contribution in [2.24, 2.45) is 0 Å². The first kappa shape index (κ1) is 25.0. The fraction of sp³-hybridized carbons (Fsp3) is 0.143. The average molecular weight is 496 g/mol. The molecule has 37 heavy (non-hydrogen) atoms. The molecule has 0 bridgehead atoms. The van der Waals surface area contributed by atoms with Crippen LogP contribution >= 0.6 is 0 Å². The molecule has 0 saturated heterocycles. The first-order chi connectivity index (χ1) is 18.0. The van der Waals surface area contributed by atoms with Crippen LogP contribution in [0, 0.1) is 11.3 Å². The zero-order chi connectivity index (χ0) is 26.2. The molecule has 4 aromatic rings. The predicted octanol–water partition coefficient (Wildman–Crippen LogP) is 2.85. The number of aromatic nitrogens is 2. The molecule has 0 spiro atoms. The third kappa shape index (κ3) is 6.13. The van der Waals surface area contributed by atoms with Crippen LogP contribution in [0.15, 0.2) is 94.5 Å². The Balaban J connectivity index is 1.67. The fourth-order valence-electron chi connectivity index (χ4n) is 3.84. The van der Waals surface area contributed by atoms with Crippen molar-refractivity contribution in [1.82, 2.24) is 9.55 Å². The lowest BCUT2D eigenvalue weighted by Crippen LogP contribution is -2.42. The molecule has 0 aliphatic rings. The van der Waals surface area contributed by atoms with Crippen molar-refractivity contribution in [2.75, 3.05) is 17.2 Å². The maximum Gasteiger partial charge on any atom is 0.330 e. The van der Waals surface area contributed by atoms with Gasteiger partial charge in [-0.1, -0.05) is 72.8 Å². The monoisotopic (exact) mass is 495 g/mol. The number of H-pyrrole nitrogens is 1. The summed E-state index contributed by atoms with van der Waals surface area (Å²) in [6.07, 6.45) is 0.269. The van der Waals surface area contributed by atoms with Gasteiger partial charge in [0.15, 0.2) is 12.3 Å². The number of rotatable bonds is 9. The second kappa shape index (κ2) is 11.6. The molecule has 1 amide bonds. The van der Waals surface area contributed by atoms with Crippen molar-refractivity contribution in [3.05, 3.63) is 122 Å². The van der Waals surface area contributed by atoms with Crippen LogP contribution in [0.5, 0.6) is 5.75 Å². The van der Waals surface area contributed by atoms with E-state index < -0.39 is 17.2 Å². The van der Waals surface area contributed by atoms with Gasteiger partial charge in [0.25, 0.3) is 11.5 Å². The second-order valence-electron chi connectivity index (χ2n) is 8.30. The Hall–Kier alpha value is -5.10. The minimum absolute atomic E-state index is 0.0426. The van der Waals surface area contributed by atoms with E-state index in [1.54, 1.807) is 24.3 Å². The van der Waals surface area contributed by atoms with Crippen LogP contribution in [0.2, 0.25) is 0 Å². The second-order valence-corrected chi connectivity index (χ2v) is 8.30. The van der Waals surface area contributed by atoms with Gasteiger partial charge in [-0.25, -0.2) is 4.79 Å². The number of carbonyl (C=O) groups is 1. The molecular weight excluding hydrogens is 470 g/mol. The number of amides is 1. The van der Waals surface area contributed by atoms with Gasteiger partial charge in [-0.2, -0.15) is 5.26 Å². The first-order valence-electron chi connectivity index (χ1n) is 11.6. The van der Waals surface area contributed by atoms with E-state index in [0.29, 0.717) is 5.75 Å². The topological polar surface area (TPSA) is 134 Å². The number of nitrogen functional groups attached to an aromatic ring is 1. The van der Waals surface area contributed by atoms with E-state index in [1.807, 2.05) is 60.7 Å². The molecule has 0 radical (unpaired) electrons. The maximum atomic E-state index is 13.4. The molecule has 3 aromatic carbocycles. The third-order valence-electron chi connectivity index (χ3n) is 5.72. The summed E-state index contributed by atoms with van der Waals surface area (Å²) in [5.41, 5.74) is 7.19. The quantitative estimate of drug-likeness (QED) is 0.367. The summed E-state index contributed by atoms with van der Waals surface area (Å²) in [6, 6.07) is 27.2. The molecular formula is C28H25N5O4. The van der Waals surface area contributed by atoms with Gasteiger partial charge in [0.05, 0.1) is 25.6 Å². The van der Waals surface area contributed by atoms with Crippen LogP contribution < -0.4 is 26.6 Å². The van der Waals surface area contributed by atoms with E-state index in [4.69, 9.17) is 15.7 Å². The summed E-state index contributed by atoms with van der Waals surface area (Å²) >= 11 is 0. The standard InChI is InChI=1S/C28H25N5O4/c29-16-15-20-11-13-23(14-12-20)37-19-24(34)32(17-21-7-3-1-4-8-21)25-26(30)33(28(36)31-27(25)35)18-22-9-5-2-6-10-22/h1-14H,15,17-19,30H2,(H,31,35,36). The Morgan fingerprint density at radius 2 is 1.54 bits per heavy atom. The molecule has 3 N–H and O–H groups in total. The molecule has 1 heterocycles. The molecule has 4 rings (SSSR count). The number of nitrogens with zero attached hydrogens (tertiary/aromatic N) is 3. The smallest absolute Gasteiger partial charge is 0.330 e. The third-order valence-corrected chi connectivity index (χ3v) is 5.72. The SMILES string of the molecule is N#CCc1ccc(OCC(=O)N(Cc2ccccc2)c2c(N)n(Cc3ccccc3)c(=O)[nH]c2=O)cc1. The van der Waals surface area contributed by atoms with Gasteiger partial charge in [0.2, 0.25) is 0 Å². The maximum absolute atomic E-state index is 13.4. The summed E-state index contributed by atoms with van der Waals surface area (Å²) in [5, 5.41) is 8.83. The molecule has 0 saturated carbocycles. The molecule has 0 aliphatic carbocycles. The Labute approximate surface area is 213 Å². The van der Waals surface area contributed by atoms with Gasteiger partial charge in [-0.3, -0.25) is 24.0 Å². The number of nitrogens with two attached hydrogens (primary N) is 1. The lowest BCUT2D eigenvalue weighted by Gasteiger charge is -2.25. The molecule has 9 nitrogen and oxygen atoms in total. The van der Waals surface area contributed by atoms with Crippen molar-refractivity contribution >= 4 is 17.4 Å². The molecule has 0 fully saturated rings. The highest BCUT2D eigenvalue weighted by atomic mass is 16.5. The predicted molar refractivity (Wildman–Crippen MR) is 140 cm³/mol. The van der Waals surface area contributed by atoms with Crippen molar-refractivity contribution < 1.29 is 9.53 Å². The van der Waals surface area contributed by atoms with Gasteiger partial charge in [0, 0.05) is 0 Å². The van der Waals surface area contributed by atoms with E-state index in [2.05, 4.69) is 11.1 Å². The Kier molecular flexibility index (Phi) is 7.81. The van der Waals surface area contributed by atoms with Crippen LogP contribution in [0.4, 0.5) is 11.5 Å². The minimum Gasteiger partial charge on any atom is -0.484 e. The molecule has 0 aliphatic heterocycles. The van der Waals surface area contributed by atoms with Crippen LogP contribution in [-0.2, 0) is 24.3 Å². The van der Waals surface area contributed by atoms with Crippen molar-refractivity contribution in [3.8, 4) is 11.8 Å². The van der Waals surface area contributed by atoms with Gasteiger partial charge in [0.1, 0.15) is 11.6 Å². The number of aromatic amines is 1. The summed E-state index contributed by atoms with van der Waals surface area (Å²) in [6.45, 7) is -0.212. The van der Waals surface area contributed by atoms with E-state index in [-0.39, 0.29) is 37.6 Å². The summed E-state index contributed by atoms with van der Waals surface area (Å²) < 4.78 is 6.90. The van der Waals surface area contributed by atoms with Crippen LogP contribution in [0.1, 0.15) is 16.7 Å². The molecule has 0 atom stereocenters. The molecule has 0 unspecified atom stereocenters. The zero-order valence-electron chi connectivity index (χ0n) is 20.0. The largest absolute Gasteiger partial charge is 0.484 e. The lowest BCUT2D eigenvalue weighted by molar-refractivity contribution is -0.120. The van der Waals surface area contributed by atoms with Crippen LogP contribution in [0.3, 0.4) is 0 Å². The van der Waals surface area contributed by atoms with Crippen molar-refractivity contribution in [3.63, 3.8) is 0 Å². The number of hydrogen-bond donors (Lipinski definition) is 2. The number of carbonyl (C=O) groups excluding carboxylic acids is 1. The van der Waals surface area contributed by atoms with E-state index in [1.165, 1.54) is 9.47 Å². The van der Waals surface area contributed by atoms with E-state index in [0.717, 1.165) is 16.7 Å². The van der Waals surface area contributed by atoms with E-state index in [9.17, 15) is 14.4 Å². The summed E-state index contributed by atoms with van der Waals surface area (Å²) in [5.74, 6) is -0.208. The number of hydrogen-bond acceptors (Lipinski definition) is 6. The highest BCUT2D eigenvalue weighted by Crippen LogP contribution is 2.21. The molecule has 1 aromatic heterocycles. The van der Waals surface area contributed by atoms with Crippen LogP contribution in [-0.4, -0.2) is 22.1 Å². The number of benzene rings is 3. The van der Waals surface area contributed by atoms with Gasteiger partial charge in [-0.05, 0) is 28.8 Å². The Morgan fingerprint density at radius 3 is 2.16 bits per heavy atom. The summed E-state index contributed by atoms with van der Waals surface area (Å²) in [4.78, 5) is 42.5. The Morgan fingerprint density at radius 1 is 0.919 bits per heavy atom. The summed E-state index contributed by atoms with van der Waals surface area (Å²) in [7, 11) is 0. The Bertz CT molecular complexity index is 1520. The van der Waals surface area contributed by atoms with Gasteiger partial charge < -0.3 is 10.5 Å². The molecule has 9 heteroatoms. The molecule has 186 valence electrons. The van der Waals surface area contributed by atoms with Crippen molar-refractivity contribution in [1.29, 1.82) is 5.26 Å². The van der Waals surface area contributed by atoms with E-state index >= 15 is 0 Å².